The van der Waals surface area contributed by atoms with Crippen LogP contribution in [-0.2, 0) is 19.7 Å². The van der Waals surface area contributed by atoms with Crippen molar-refractivity contribution in [3.8, 4) is 5.75 Å². The topological polar surface area (TPSA) is 65.7 Å². The van der Waals surface area contributed by atoms with Gasteiger partial charge in [0.2, 0.25) is 5.43 Å². The monoisotopic (exact) mass is 294 g/mol. The summed E-state index contributed by atoms with van der Waals surface area (Å²) in [4.78, 5) is 14.1. The smallest absolute Gasteiger partial charge is 0.223 e. The maximum Gasteiger partial charge on any atom is 0.223 e. The zero-order chi connectivity index (χ0) is 15.8. The minimum absolute atomic E-state index is 0.230. The van der Waals surface area contributed by atoms with Crippen LogP contribution in [0, 0.1) is 0 Å². The Morgan fingerprint density at radius 1 is 1.33 bits per heavy atom. The van der Waals surface area contributed by atoms with Crippen LogP contribution < -0.4 is 5.43 Å². The summed E-state index contributed by atoms with van der Waals surface area (Å²) in [5, 5.41) is 19.6. The van der Waals surface area contributed by atoms with Crippen LogP contribution in [0.25, 0.3) is 0 Å². The molecule has 118 valence electrons. The van der Waals surface area contributed by atoms with E-state index in [0.717, 1.165) is 25.9 Å². The third kappa shape index (κ3) is 4.44. The standard InChI is InChI=1S/C16H26N2O3/c1-4-7-17(8-5-2)11-14-16(21)15(20)10-13(12-19)18(14)9-6-3/h6,10,19,21H,3-5,7-9,11-12H2,1-2H3. The molecule has 1 rings (SSSR count). The molecule has 0 aliphatic carbocycles. The number of aromatic hydroxyl groups is 1. The van der Waals surface area contributed by atoms with Crippen molar-refractivity contribution < 1.29 is 10.2 Å². The summed E-state index contributed by atoms with van der Waals surface area (Å²) in [5.41, 5.74) is 0.608. The molecule has 5 heteroatoms. The van der Waals surface area contributed by atoms with Crippen molar-refractivity contribution in [1.82, 2.24) is 9.47 Å². The Hall–Kier alpha value is -1.59. The molecule has 0 fully saturated rings. The summed E-state index contributed by atoms with van der Waals surface area (Å²) in [5.74, 6) is -0.230. The molecule has 0 aliphatic rings. The van der Waals surface area contributed by atoms with E-state index in [1.165, 1.54) is 6.07 Å². The first-order valence-electron chi connectivity index (χ1n) is 7.47. The highest BCUT2D eigenvalue weighted by Gasteiger charge is 2.16. The number of aromatic nitrogens is 1. The largest absolute Gasteiger partial charge is 0.503 e. The van der Waals surface area contributed by atoms with Gasteiger partial charge in [0.25, 0.3) is 0 Å². The minimum Gasteiger partial charge on any atom is -0.503 e. The van der Waals surface area contributed by atoms with Crippen molar-refractivity contribution in [2.24, 2.45) is 0 Å². The number of rotatable bonds is 9. The van der Waals surface area contributed by atoms with E-state index >= 15 is 0 Å². The molecule has 1 aromatic rings. The predicted octanol–water partition coefficient (Wildman–Crippen LogP) is 1.85. The Morgan fingerprint density at radius 3 is 2.43 bits per heavy atom. The van der Waals surface area contributed by atoms with Gasteiger partial charge >= 0.3 is 0 Å². The number of hydrogen-bond donors (Lipinski definition) is 2. The maximum atomic E-state index is 11.9. The molecule has 0 radical (unpaired) electrons. The second kappa shape index (κ2) is 8.64. The lowest BCUT2D eigenvalue weighted by molar-refractivity contribution is 0.245. The summed E-state index contributed by atoms with van der Waals surface area (Å²) in [6.07, 6.45) is 3.70. The second-order valence-electron chi connectivity index (χ2n) is 5.13. The Balaban J connectivity index is 3.26. The Bertz CT molecular complexity index is 517. The zero-order valence-electron chi connectivity index (χ0n) is 13.0. The van der Waals surface area contributed by atoms with Crippen LogP contribution in [0.2, 0.25) is 0 Å². The zero-order valence-corrected chi connectivity index (χ0v) is 13.0. The Kier molecular flexibility index (Phi) is 7.19. The average molecular weight is 294 g/mol. The second-order valence-corrected chi connectivity index (χ2v) is 5.13. The lowest BCUT2D eigenvalue weighted by Crippen LogP contribution is -2.29. The van der Waals surface area contributed by atoms with Gasteiger partial charge < -0.3 is 14.8 Å². The minimum atomic E-state index is -0.442. The number of allylic oxidation sites excluding steroid dienone is 1. The van der Waals surface area contributed by atoms with Crippen LogP contribution in [0.4, 0.5) is 0 Å². The van der Waals surface area contributed by atoms with Gasteiger partial charge in [0, 0.05) is 24.8 Å². The van der Waals surface area contributed by atoms with Gasteiger partial charge in [-0.05, 0) is 25.9 Å². The number of hydrogen-bond acceptors (Lipinski definition) is 4. The fraction of sp³-hybridized carbons (Fsp3) is 0.562. The van der Waals surface area contributed by atoms with Crippen LogP contribution >= 0.6 is 0 Å². The summed E-state index contributed by atoms with van der Waals surface area (Å²) >= 11 is 0. The van der Waals surface area contributed by atoms with E-state index in [4.69, 9.17) is 0 Å². The molecule has 0 saturated heterocycles. The molecule has 1 aromatic heterocycles. The number of aliphatic hydroxyl groups is 1. The van der Waals surface area contributed by atoms with Crippen molar-refractivity contribution in [3.05, 3.63) is 40.3 Å². The van der Waals surface area contributed by atoms with Crippen molar-refractivity contribution in [2.75, 3.05) is 13.1 Å². The first-order chi connectivity index (χ1) is 10.1. The van der Waals surface area contributed by atoms with E-state index in [1.807, 2.05) is 0 Å². The average Bonchev–Trinajstić information content (AvgIpc) is 2.47. The molecular weight excluding hydrogens is 268 g/mol. The normalized spacial score (nSPS) is 11.0. The van der Waals surface area contributed by atoms with Crippen LogP contribution in [0.15, 0.2) is 23.5 Å². The van der Waals surface area contributed by atoms with Gasteiger partial charge in [-0.2, -0.15) is 0 Å². The summed E-state index contributed by atoms with van der Waals surface area (Å²) in [7, 11) is 0. The molecule has 0 bridgehead atoms. The molecule has 21 heavy (non-hydrogen) atoms. The van der Waals surface area contributed by atoms with E-state index in [9.17, 15) is 15.0 Å². The third-order valence-corrected chi connectivity index (χ3v) is 3.40. The number of aliphatic hydroxyl groups excluding tert-OH is 1. The van der Waals surface area contributed by atoms with Gasteiger partial charge in [0.15, 0.2) is 5.75 Å². The van der Waals surface area contributed by atoms with Gasteiger partial charge in [-0.1, -0.05) is 19.9 Å². The molecular formula is C16H26N2O3. The van der Waals surface area contributed by atoms with Crippen LogP contribution in [0.5, 0.6) is 5.75 Å². The predicted molar refractivity (Wildman–Crippen MR) is 84.3 cm³/mol. The van der Waals surface area contributed by atoms with E-state index in [0.29, 0.717) is 24.5 Å². The molecule has 0 aliphatic heterocycles. The molecule has 0 unspecified atom stereocenters. The van der Waals surface area contributed by atoms with Crippen molar-refractivity contribution in [1.29, 1.82) is 0 Å². The molecule has 0 atom stereocenters. The van der Waals surface area contributed by atoms with E-state index in [2.05, 4.69) is 25.3 Å². The third-order valence-electron chi connectivity index (χ3n) is 3.40. The fourth-order valence-corrected chi connectivity index (χ4v) is 2.50. The van der Waals surface area contributed by atoms with Crippen molar-refractivity contribution >= 4 is 0 Å². The van der Waals surface area contributed by atoms with Crippen LogP contribution in [-0.4, -0.2) is 32.8 Å². The SMILES string of the molecule is C=CCn1c(CO)cc(=O)c(O)c1CN(CCC)CCC. The fourth-order valence-electron chi connectivity index (χ4n) is 2.50. The lowest BCUT2D eigenvalue weighted by Gasteiger charge is -2.25. The summed E-state index contributed by atoms with van der Waals surface area (Å²) in [6.45, 7) is 10.4. The molecule has 0 amide bonds. The molecule has 0 aromatic carbocycles. The van der Waals surface area contributed by atoms with Crippen LogP contribution in [0.1, 0.15) is 38.1 Å². The summed E-state index contributed by atoms with van der Waals surface area (Å²) < 4.78 is 1.77. The first kappa shape index (κ1) is 17.5. The van der Waals surface area contributed by atoms with E-state index in [1.54, 1.807) is 10.6 Å². The van der Waals surface area contributed by atoms with Gasteiger partial charge in [-0.25, -0.2) is 0 Å². The highest BCUT2D eigenvalue weighted by molar-refractivity contribution is 5.30. The van der Waals surface area contributed by atoms with Crippen molar-refractivity contribution in [2.45, 2.75) is 46.4 Å². The maximum absolute atomic E-state index is 11.9. The number of nitrogens with zero attached hydrogens (tertiary/aromatic N) is 2. The lowest BCUT2D eigenvalue weighted by atomic mass is 10.2. The Labute approximate surface area is 126 Å². The van der Waals surface area contributed by atoms with Gasteiger partial charge in [0.1, 0.15) is 0 Å². The molecule has 5 nitrogen and oxygen atoms in total. The van der Waals surface area contributed by atoms with Gasteiger partial charge in [0.05, 0.1) is 12.3 Å². The highest BCUT2D eigenvalue weighted by Crippen LogP contribution is 2.18. The summed E-state index contributed by atoms with van der Waals surface area (Å²) in [6, 6.07) is 1.28. The van der Waals surface area contributed by atoms with Crippen molar-refractivity contribution in [3.63, 3.8) is 0 Å². The molecule has 0 spiro atoms. The quantitative estimate of drug-likeness (QED) is 0.682. The van der Waals surface area contributed by atoms with Gasteiger partial charge in [-0.3, -0.25) is 9.69 Å². The molecule has 1 heterocycles. The van der Waals surface area contributed by atoms with Gasteiger partial charge in [-0.15, -0.1) is 6.58 Å². The molecule has 2 N–H and O–H groups in total. The first-order valence-corrected chi connectivity index (χ1v) is 7.47. The van der Waals surface area contributed by atoms with E-state index < -0.39 is 5.43 Å². The van der Waals surface area contributed by atoms with E-state index in [-0.39, 0.29) is 12.4 Å². The van der Waals surface area contributed by atoms with Crippen LogP contribution in [0.3, 0.4) is 0 Å². The Morgan fingerprint density at radius 2 is 1.95 bits per heavy atom. The molecule has 0 saturated carbocycles. The highest BCUT2D eigenvalue weighted by atomic mass is 16.3. The number of pyridine rings is 1.